The normalized spacial score (nSPS) is 25.3. The maximum absolute atomic E-state index is 13.8. The number of nitrogens with zero attached hydrogens (tertiary/aromatic N) is 2. The zero-order valence-electron chi connectivity index (χ0n) is 20.5. The lowest BCUT2D eigenvalue weighted by molar-refractivity contribution is -0.132. The number of carbonyl (C=O) groups excluding carboxylic acids is 2. The van der Waals surface area contributed by atoms with E-state index in [2.05, 4.69) is 13.8 Å². The van der Waals surface area contributed by atoms with E-state index in [1.165, 1.54) is 4.31 Å². The predicted molar refractivity (Wildman–Crippen MR) is 137 cm³/mol. The number of sulfonamides is 1. The summed E-state index contributed by atoms with van der Waals surface area (Å²) >= 11 is 1.59. The fraction of sp³-hybridized carbons (Fsp3) is 0.556. The summed E-state index contributed by atoms with van der Waals surface area (Å²) in [6.07, 6.45) is 3.55. The molecule has 188 valence electrons. The number of benzene rings is 1. The first-order valence-corrected chi connectivity index (χ1v) is 15.0. The maximum atomic E-state index is 13.8. The maximum Gasteiger partial charge on any atom is 0.238 e. The number of hydrogen-bond acceptors (Lipinski definition) is 5. The topological polar surface area (TPSA) is 74.8 Å². The highest BCUT2D eigenvalue weighted by Crippen LogP contribution is 2.64. The Morgan fingerprint density at radius 1 is 1.06 bits per heavy atom. The minimum Gasteiger partial charge on any atom is -0.332 e. The van der Waals surface area contributed by atoms with Gasteiger partial charge in [0.15, 0.2) is 0 Å². The molecular weight excluding hydrogens is 480 g/mol. The van der Waals surface area contributed by atoms with Crippen molar-refractivity contribution in [2.45, 2.75) is 65.1 Å². The van der Waals surface area contributed by atoms with Crippen molar-refractivity contribution >= 4 is 33.1 Å². The van der Waals surface area contributed by atoms with Crippen LogP contribution in [0.1, 0.15) is 56.4 Å². The molecule has 5 rings (SSSR count). The van der Waals surface area contributed by atoms with E-state index in [9.17, 15) is 18.0 Å². The second-order valence-electron chi connectivity index (χ2n) is 11.0. The SMILES string of the molecule is CC1(C)C2CCC1(CS(=O)(=O)N(CC(=O)N(Cc1ccccc1)Cc1cccs1)C1CC1)C(=O)C2. The lowest BCUT2D eigenvalue weighted by atomic mass is 9.70. The molecule has 6 nitrogen and oxygen atoms in total. The number of carbonyl (C=O) groups is 2. The molecule has 8 heteroatoms. The molecule has 1 aromatic carbocycles. The van der Waals surface area contributed by atoms with E-state index in [0.29, 0.717) is 25.9 Å². The second-order valence-corrected chi connectivity index (χ2v) is 14.0. The van der Waals surface area contributed by atoms with Gasteiger partial charge in [-0.05, 0) is 54.0 Å². The Balaban J connectivity index is 1.37. The van der Waals surface area contributed by atoms with Crippen LogP contribution in [0.3, 0.4) is 0 Å². The van der Waals surface area contributed by atoms with Crippen molar-refractivity contribution in [1.82, 2.24) is 9.21 Å². The van der Waals surface area contributed by atoms with Crippen LogP contribution in [0, 0.1) is 16.7 Å². The molecule has 35 heavy (non-hydrogen) atoms. The molecule has 1 heterocycles. The molecule has 3 aliphatic carbocycles. The first-order chi connectivity index (χ1) is 16.6. The van der Waals surface area contributed by atoms with E-state index in [4.69, 9.17) is 0 Å². The van der Waals surface area contributed by atoms with Crippen molar-refractivity contribution < 1.29 is 18.0 Å². The zero-order valence-corrected chi connectivity index (χ0v) is 22.1. The molecular formula is C27H34N2O4S2. The molecule has 0 aliphatic heterocycles. The highest BCUT2D eigenvalue weighted by atomic mass is 32.2. The summed E-state index contributed by atoms with van der Waals surface area (Å²) in [4.78, 5) is 29.4. The minimum atomic E-state index is -3.79. The third-order valence-corrected chi connectivity index (χ3v) is 11.5. The van der Waals surface area contributed by atoms with Crippen LogP contribution in [0.5, 0.6) is 0 Å². The van der Waals surface area contributed by atoms with Gasteiger partial charge in [0.25, 0.3) is 0 Å². The van der Waals surface area contributed by atoms with Crippen molar-refractivity contribution in [3.8, 4) is 0 Å². The van der Waals surface area contributed by atoms with Crippen LogP contribution in [0.25, 0.3) is 0 Å². The summed E-state index contributed by atoms with van der Waals surface area (Å²) in [5.41, 5.74) is -0.144. The van der Waals surface area contributed by atoms with Gasteiger partial charge in [0, 0.05) is 29.3 Å². The largest absolute Gasteiger partial charge is 0.332 e. The quantitative estimate of drug-likeness (QED) is 0.469. The summed E-state index contributed by atoms with van der Waals surface area (Å²) < 4.78 is 29.1. The van der Waals surface area contributed by atoms with E-state index in [0.717, 1.165) is 29.7 Å². The van der Waals surface area contributed by atoms with Crippen LogP contribution < -0.4 is 0 Å². The average Bonchev–Trinajstić information content (AvgIpc) is 3.42. The summed E-state index contributed by atoms with van der Waals surface area (Å²) in [6, 6.07) is 13.6. The van der Waals surface area contributed by atoms with Gasteiger partial charge < -0.3 is 4.90 Å². The summed E-state index contributed by atoms with van der Waals surface area (Å²) in [7, 11) is -3.79. The van der Waals surface area contributed by atoms with Crippen LogP contribution in [-0.4, -0.2) is 47.7 Å². The van der Waals surface area contributed by atoms with Crippen molar-refractivity contribution in [2.75, 3.05) is 12.3 Å². The van der Waals surface area contributed by atoms with Gasteiger partial charge in [-0.25, -0.2) is 8.42 Å². The first kappa shape index (κ1) is 24.7. The van der Waals surface area contributed by atoms with E-state index in [-0.39, 0.29) is 41.4 Å². The fourth-order valence-corrected chi connectivity index (χ4v) is 9.34. The zero-order chi connectivity index (χ0) is 24.8. The predicted octanol–water partition coefficient (Wildman–Crippen LogP) is 4.47. The molecule has 2 bridgehead atoms. The smallest absolute Gasteiger partial charge is 0.238 e. The van der Waals surface area contributed by atoms with E-state index in [1.54, 1.807) is 16.2 Å². The molecule has 2 aromatic rings. The van der Waals surface area contributed by atoms with Crippen molar-refractivity contribution in [2.24, 2.45) is 16.7 Å². The van der Waals surface area contributed by atoms with E-state index < -0.39 is 15.4 Å². The molecule has 0 radical (unpaired) electrons. The van der Waals surface area contributed by atoms with E-state index in [1.807, 2.05) is 47.8 Å². The van der Waals surface area contributed by atoms with Gasteiger partial charge in [0.1, 0.15) is 5.78 Å². The lowest BCUT2D eigenvalue weighted by Crippen LogP contribution is -2.49. The van der Waals surface area contributed by atoms with Gasteiger partial charge in [0.2, 0.25) is 15.9 Å². The van der Waals surface area contributed by atoms with Crippen molar-refractivity contribution in [3.63, 3.8) is 0 Å². The third-order valence-electron chi connectivity index (χ3n) is 8.67. The Morgan fingerprint density at radius 3 is 2.37 bits per heavy atom. The summed E-state index contributed by atoms with van der Waals surface area (Å²) in [6.45, 7) is 4.81. The molecule has 0 N–H and O–H groups in total. The third kappa shape index (κ3) is 4.60. The number of Topliss-reactive ketones (excluding diaryl/α,β-unsaturated/α-hetero) is 1. The van der Waals surface area contributed by atoms with Crippen LogP contribution in [0.2, 0.25) is 0 Å². The van der Waals surface area contributed by atoms with Crippen LogP contribution in [0.15, 0.2) is 47.8 Å². The average molecular weight is 515 g/mol. The van der Waals surface area contributed by atoms with Gasteiger partial charge in [0.05, 0.1) is 18.8 Å². The number of hydrogen-bond donors (Lipinski definition) is 0. The van der Waals surface area contributed by atoms with Crippen LogP contribution >= 0.6 is 11.3 Å². The minimum absolute atomic E-state index is 0.0906. The molecule has 0 saturated heterocycles. The Labute approximate surface area is 212 Å². The highest BCUT2D eigenvalue weighted by Gasteiger charge is 2.66. The van der Waals surface area contributed by atoms with Gasteiger partial charge in [-0.3, -0.25) is 9.59 Å². The molecule has 0 spiro atoms. The van der Waals surface area contributed by atoms with Gasteiger partial charge >= 0.3 is 0 Å². The van der Waals surface area contributed by atoms with Gasteiger partial charge in [-0.15, -0.1) is 11.3 Å². The molecule has 2 unspecified atom stereocenters. The standard InChI is InChI=1S/C27H34N2O4S2/c1-26(2)21-12-13-27(26,24(30)15-21)19-35(32,33)29(22-10-11-22)18-25(31)28(17-23-9-6-14-34-23)16-20-7-4-3-5-8-20/h3-9,14,21-22H,10-13,15-19H2,1-2H3. The summed E-state index contributed by atoms with van der Waals surface area (Å²) in [5, 5.41) is 1.98. The fourth-order valence-electron chi connectivity index (χ4n) is 6.18. The van der Waals surface area contributed by atoms with Crippen molar-refractivity contribution in [3.05, 3.63) is 58.3 Å². The Morgan fingerprint density at radius 2 is 1.80 bits per heavy atom. The molecule has 3 saturated carbocycles. The number of fused-ring (bicyclic) bond motifs is 2. The first-order valence-electron chi connectivity index (χ1n) is 12.5. The molecule has 1 amide bonds. The Kier molecular flexibility index (Phi) is 6.43. The number of thiophene rings is 1. The lowest BCUT2D eigenvalue weighted by Gasteiger charge is -2.38. The van der Waals surface area contributed by atoms with Crippen LogP contribution in [0.4, 0.5) is 0 Å². The molecule has 3 fully saturated rings. The highest BCUT2D eigenvalue weighted by molar-refractivity contribution is 7.89. The number of rotatable bonds is 10. The monoisotopic (exact) mass is 514 g/mol. The van der Waals surface area contributed by atoms with E-state index >= 15 is 0 Å². The second kappa shape index (κ2) is 9.12. The van der Waals surface area contributed by atoms with Gasteiger partial charge in [-0.1, -0.05) is 50.2 Å². The molecule has 3 aliphatic rings. The Hall–Kier alpha value is -2.03. The van der Waals surface area contributed by atoms with Crippen molar-refractivity contribution in [1.29, 1.82) is 0 Å². The Bertz CT molecular complexity index is 1190. The molecule has 2 atom stereocenters. The number of amides is 1. The van der Waals surface area contributed by atoms with Gasteiger partial charge in [-0.2, -0.15) is 4.31 Å². The number of ketones is 1. The van der Waals surface area contributed by atoms with Crippen LogP contribution in [-0.2, 0) is 32.7 Å². The summed E-state index contributed by atoms with van der Waals surface area (Å²) in [5.74, 6) is -0.0203. The molecule has 1 aromatic heterocycles.